The highest BCUT2D eigenvalue weighted by molar-refractivity contribution is 9.10. The van der Waals surface area contributed by atoms with Crippen molar-refractivity contribution in [3.8, 4) is 0 Å². The Morgan fingerprint density at radius 1 is 1.08 bits per heavy atom. The smallest absolute Gasteiger partial charge is 0.194 e. The van der Waals surface area contributed by atoms with Gasteiger partial charge in [-0.15, -0.1) is 0 Å². The maximum atomic E-state index is 12.5. The van der Waals surface area contributed by atoms with Crippen molar-refractivity contribution in [1.29, 1.82) is 0 Å². The van der Waals surface area contributed by atoms with Gasteiger partial charge in [0.05, 0.1) is 0 Å². The maximum Gasteiger partial charge on any atom is 0.194 e. The van der Waals surface area contributed by atoms with E-state index in [1.807, 2.05) is 24.3 Å². The zero-order chi connectivity index (χ0) is 19.3. The Hall–Kier alpha value is -0.160. The molecule has 0 heterocycles. The van der Waals surface area contributed by atoms with Gasteiger partial charge in [0.1, 0.15) is 0 Å². The van der Waals surface area contributed by atoms with Crippen LogP contribution >= 0.6 is 74.6 Å². The second kappa shape index (κ2) is 9.86. The minimum absolute atomic E-state index is 0.0807. The molecule has 2 aromatic carbocycles. The summed E-state index contributed by atoms with van der Waals surface area (Å²) in [6.45, 7) is 0. The number of alkyl halides is 3. The lowest BCUT2D eigenvalue weighted by molar-refractivity contribution is 0.0963. The first-order valence-electron chi connectivity index (χ1n) is 7.77. The lowest BCUT2D eigenvalue weighted by atomic mass is 9.93. The molecule has 1 unspecified atom stereocenters. The van der Waals surface area contributed by atoms with E-state index < -0.39 is 9.71 Å². The average molecular weight is 513 g/mol. The third-order valence-electron chi connectivity index (χ3n) is 3.83. The first-order valence-corrected chi connectivity index (χ1v) is 10.5. The van der Waals surface area contributed by atoms with Crippen molar-refractivity contribution in [3.63, 3.8) is 0 Å². The quantitative estimate of drug-likeness (QED) is 0.215. The zero-order valence-corrected chi connectivity index (χ0v) is 19.0. The fourth-order valence-electron chi connectivity index (χ4n) is 2.48. The second-order valence-corrected chi connectivity index (χ2v) is 10.2. The van der Waals surface area contributed by atoms with Gasteiger partial charge < -0.3 is 0 Å². The van der Waals surface area contributed by atoms with Crippen molar-refractivity contribution in [1.82, 2.24) is 0 Å². The second-order valence-electron chi connectivity index (χ2n) is 5.92. The lowest BCUT2D eigenvalue weighted by Crippen LogP contribution is -2.25. The summed E-state index contributed by atoms with van der Waals surface area (Å²) in [5, 5.41) is 0.493. The largest absolute Gasteiger partial charge is 0.294 e. The molecule has 1 nitrogen and oxygen atoms in total. The van der Waals surface area contributed by atoms with E-state index in [0.717, 1.165) is 14.9 Å². The highest BCUT2D eigenvalue weighted by Crippen LogP contribution is 2.40. The summed E-state index contributed by atoms with van der Waals surface area (Å²) in [5.41, 5.74) is 1.57. The van der Waals surface area contributed by atoms with Crippen molar-refractivity contribution in [3.05, 3.63) is 69.2 Å². The minimum atomic E-state index is -1.59. The number of Topliss-reactive ketones (excluding diaryl/α,β-unsaturated/α-hetero) is 1. The van der Waals surface area contributed by atoms with Crippen LogP contribution in [0.25, 0.3) is 0 Å². The molecule has 138 valence electrons. The fourth-order valence-corrected chi connectivity index (χ4v) is 3.77. The van der Waals surface area contributed by atoms with Gasteiger partial charge in [0.25, 0.3) is 0 Å². The van der Waals surface area contributed by atoms with E-state index in [4.69, 9.17) is 58.6 Å². The molecular formula is C19H15BrCl4OS. The molecule has 0 saturated heterocycles. The van der Waals surface area contributed by atoms with Crippen LogP contribution in [0.1, 0.15) is 28.8 Å². The summed E-state index contributed by atoms with van der Waals surface area (Å²) in [5.74, 6) is -0.641. The molecule has 2 rings (SSSR count). The van der Waals surface area contributed by atoms with Crippen LogP contribution in [0.2, 0.25) is 5.02 Å². The van der Waals surface area contributed by atoms with Gasteiger partial charge in [-0.1, -0.05) is 98.8 Å². The van der Waals surface area contributed by atoms with Crippen molar-refractivity contribution in [2.75, 3.05) is 0 Å². The number of carbonyl (C=O) groups is 1. The van der Waals surface area contributed by atoms with Crippen LogP contribution in [0.4, 0.5) is 0 Å². The summed E-state index contributed by atoms with van der Waals surface area (Å²) >= 11 is 33.2. The van der Waals surface area contributed by atoms with E-state index in [0.29, 0.717) is 23.4 Å². The Kier molecular flexibility index (Phi) is 8.39. The number of halogens is 5. The molecule has 0 saturated carbocycles. The molecule has 0 aliphatic rings. The van der Waals surface area contributed by atoms with Crippen LogP contribution in [0.15, 0.2) is 53.0 Å². The number of hydrogen-bond acceptors (Lipinski definition) is 2. The average Bonchev–Trinajstić information content (AvgIpc) is 2.55. The zero-order valence-electron chi connectivity index (χ0n) is 13.5. The molecule has 0 amide bonds. The van der Waals surface area contributed by atoms with E-state index in [1.165, 1.54) is 0 Å². The number of rotatable bonds is 7. The standard InChI is InChI=1S/C19H15BrCl4OS/c20-15-6-4-12(5-7-15)8-17(26)10-14(19(22,23)24)11-18(25)13-2-1-3-16(21)9-13/h1-7,9,14H,8,10-11H2. The third kappa shape index (κ3) is 7.10. The highest BCUT2D eigenvalue weighted by atomic mass is 79.9. The Labute approximate surface area is 187 Å². The van der Waals surface area contributed by atoms with Crippen molar-refractivity contribution in [2.24, 2.45) is 5.92 Å². The molecule has 2 aromatic rings. The van der Waals surface area contributed by atoms with Crippen LogP contribution in [0.5, 0.6) is 0 Å². The van der Waals surface area contributed by atoms with E-state index in [9.17, 15) is 4.79 Å². The monoisotopic (exact) mass is 510 g/mol. The van der Waals surface area contributed by atoms with E-state index in [-0.39, 0.29) is 12.2 Å². The number of thiocarbonyl (C=S) groups is 1. The number of hydrogen-bond donors (Lipinski definition) is 0. The Balaban J connectivity index is 2.06. The van der Waals surface area contributed by atoms with Crippen molar-refractivity contribution >= 4 is 85.2 Å². The first kappa shape index (κ1) is 22.1. The predicted molar refractivity (Wildman–Crippen MR) is 119 cm³/mol. The van der Waals surface area contributed by atoms with Gasteiger partial charge in [-0.05, 0) is 41.1 Å². The van der Waals surface area contributed by atoms with Gasteiger partial charge in [0.2, 0.25) is 0 Å². The summed E-state index contributed by atoms with van der Waals surface area (Å²) < 4.78 is -0.587. The van der Waals surface area contributed by atoms with Crippen LogP contribution in [0, 0.1) is 5.92 Å². The van der Waals surface area contributed by atoms with E-state index >= 15 is 0 Å². The lowest BCUT2D eigenvalue weighted by Gasteiger charge is -2.24. The van der Waals surface area contributed by atoms with Crippen molar-refractivity contribution in [2.45, 2.75) is 23.1 Å². The molecule has 0 N–H and O–H groups in total. The van der Waals surface area contributed by atoms with E-state index in [2.05, 4.69) is 15.9 Å². The maximum absolute atomic E-state index is 12.5. The molecule has 0 spiro atoms. The number of ketones is 1. The molecule has 0 radical (unpaired) electrons. The predicted octanol–water partition coefficient (Wildman–Crippen LogP) is 7.66. The molecule has 1 atom stereocenters. The van der Waals surface area contributed by atoms with E-state index in [1.54, 1.807) is 24.3 Å². The van der Waals surface area contributed by atoms with Gasteiger partial charge in [0, 0.05) is 33.8 Å². The fraction of sp³-hybridized carbons (Fsp3) is 0.263. The van der Waals surface area contributed by atoms with Gasteiger partial charge in [-0.3, -0.25) is 4.79 Å². The van der Waals surface area contributed by atoms with Gasteiger partial charge in [-0.25, -0.2) is 0 Å². The number of benzene rings is 2. The molecular weight excluding hydrogens is 498 g/mol. The van der Waals surface area contributed by atoms with Crippen LogP contribution in [-0.2, 0) is 6.42 Å². The molecule has 0 fully saturated rings. The molecule has 0 bridgehead atoms. The highest BCUT2D eigenvalue weighted by Gasteiger charge is 2.35. The molecule has 26 heavy (non-hydrogen) atoms. The van der Waals surface area contributed by atoms with Crippen LogP contribution in [-0.4, -0.2) is 14.4 Å². The molecule has 7 heteroatoms. The van der Waals surface area contributed by atoms with Crippen LogP contribution < -0.4 is 0 Å². The topological polar surface area (TPSA) is 17.1 Å². The summed E-state index contributed by atoms with van der Waals surface area (Å²) in [7, 11) is 0. The Morgan fingerprint density at radius 3 is 2.31 bits per heavy atom. The molecule has 0 aliphatic heterocycles. The molecule has 0 aliphatic carbocycles. The van der Waals surface area contributed by atoms with Crippen molar-refractivity contribution < 1.29 is 4.79 Å². The molecule has 0 aromatic heterocycles. The summed E-state index contributed by atoms with van der Waals surface area (Å²) in [4.78, 5) is 13.3. The first-order chi connectivity index (χ1) is 12.1. The number of carbonyl (C=O) groups excluding carboxylic acids is 1. The van der Waals surface area contributed by atoms with Gasteiger partial charge in [0.15, 0.2) is 9.58 Å². The Bertz CT molecular complexity index is 787. The summed E-state index contributed by atoms with van der Waals surface area (Å²) in [6.07, 6.45) is 1.04. The Morgan fingerprint density at radius 2 is 1.73 bits per heavy atom. The normalized spacial score (nSPS) is 12.7. The third-order valence-corrected chi connectivity index (χ3v) is 5.83. The van der Waals surface area contributed by atoms with Gasteiger partial charge >= 0.3 is 0 Å². The SMILES string of the molecule is O=C(CC(CC(=S)Cc1ccc(Br)cc1)C(Cl)(Cl)Cl)c1cccc(Cl)c1. The van der Waals surface area contributed by atoms with Crippen LogP contribution in [0.3, 0.4) is 0 Å². The van der Waals surface area contributed by atoms with Gasteiger partial charge in [-0.2, -0.15) is 0 Å². The minimum Gasteiger partial charge on any atom is -0.294 e. The summed E-state index contributed by atoms with van der Waals surface area (Å²) in [6, 6.07) is 14.6.